The zero-order valence-corrected chi connectivity index (χ0v) is 14.9. The standard InChI is InChI=1S/C19H28N2O3/c1-19(2,3)21(18(23)24)16(13-14-9-5-4-6-10-14)17(22)15-11-7-8-12-20-15/h7-8,11-12,14,16H,4-6,9-10,13H2,1-3H3,(H,23,24). The van der Waals surface area contributed by atoms with Gasteiger partial charge in [-0.3, -0.25) is 14.7 Å². The highest BCUT2D eigenvalue weighted by atomic mass is 16.4. The van der Waals surface area contributed by atoms with Crippen LogP contribution in [0.2, 0.25) is 0 Å². The molecule has 1 amide bonds. The van der Waals surface area contributed by atoms with Gasteiger partial charge in [-0.15, -0.1) is 0 Å². The number of amides is 1. The highest BCUT2D eigenvalue weighted by Gasteiger charge is 2.39. The van der Waals surface area contributed by atoms with E-state index < -0.39 is 17.7 Å². The molecule has 1 N–H and O–H groups in total. The van der Waals surface area contributed by atoms with E-state index in [1.165, 1.54) is 11.3 Å². The first-order chi connectivity index (χ1) is 11.3. The van der Waals surface area contributed by atoms with Crippen LogP contribution in [-0.4, -0.2) is 38.4 Å². The molecule has 0 saturated heterocycles. The number of nitrogens with zero attached hydrogens (tertiary/aromatic N) is 2. The van der Waals surface area contributed by atoms with Crippen molar-refractivity contribution in [1.29, 1.82) is 0 Å². The van der Waals surface area contributed by atoms with Crippen LogP contribution in [0.25, 0.3) is 0 Å². The Balaban J connectivity index is 2.32. The SMILES string of the molecule is CC(C)(C)N(C(=O)O)C(CC1CCCCC1)C(=O)c1ccccn1. The van der Waals surface area contributed by atoms with Gasteiger partial charge in [-0.05, 0) is 45.2 Å². The van der Waals surface area contributed by atoms with Gasteiger partial charge in [0, 0.05) is 11.7 Å². The summed E-state index contributed by atoms with van der Waals surface area (Å²) in [4.78, 5) is 30.4. The van der Waals surface area contributed by atoms with Gasteiger partial charge in [-0.1, -0.05) is 38.2 Å². The monoisotopic (exact) mass is 332 g/mol. The van der Waals surface area contributed by atoms with Crippen LogP contribution in [0, 0.1) is 5.92 Å². The molecule has 0 radical (unpaired) electrons. The Morgan fingerprint density at radius 3 is 2.42 bits per heavy atom. The van der Waals surface area contributed by atoms with Crippen molar-refractivity contribution in [3.05, 3.63) is 30.1 Å². The fourth-order valence-corrected chi connectivity index (χ4v) is 3.64. The van der Waals surface area contributed by atoms with E-state index in [4.69, 9.17) is 0 Å². The summed E-state index contributed by atoms with van der Waals surface area (Å²) in [5, 5.41) is 9.76. The summed E-state index contributed by atoms with van der Waals surface area (Å²) in [5.74, 6) is 0.208. The lowest BCUT2D eigenvalue weighted by Gasteiger charge is -2.40. The molecule has 1 fully saturated rings. The minimum atomic E-state index is -1.05. The highest BCUT2D eigenvalue weighted by molar-refractivity contribution is 6.00. The van der Waals surface area contributed by atoms with Crippen LogP contribution >= 0.6 is 0 Å². The van der Waals surface area contributed by atoms with Crippen molar-refractivity contribution in [3.8, 4) is 0 Å². The van der Waals surface area contributed by atoms with E-state index in [2.05, 4.69) is 4.98 Å². The van der Waals surface area contributed by atoms with Crippen LogP contribution in [0.15, 0.2) is 24.4 Å². The summed E-state index contributed by atoms with van der Waals surface area (Å²) in [5.41, 5.74) is -0.302. The van der Waals surface area contributed by atoms with Gasteiger partial charge in [0.05, 0.1) is 0 Å². The van der Waals surface area contributed by atoms with Crippen LogP contribution in [-0.2, 0) is 0 Å². The van der Waals surface area contributed by atoms with Crippen molar-refractivity contribution in [1.82, 2.24) is 9.88 Å². The number of pyridine rings is 1. The van der Waals surface area contributed by atoms with Gasteiger partial charge in [0.15, 0.2) is 0 Å². The van der Waals surface area contributed by atoms with Gasteiger partial charge in [0.25, 0.3) is 0 Å². The van der Waals surface area contributed by atoms with E-state index >= 15 is 0 Å². The Kier molecular flexibility index (Phi) is 5.97. The van der Waals surface area contributed by atoms with Crippen molar-refractivity contribution in [2.45, 2.75) is 70.9 Å². The minimum absolute atomic E-state index is 0.196. The third-order valence-electron chi connectivity index (χ3n) is 4.74. The number of carbonyl (C=O) groups is 2. The third-order valence-corrected chi connectivity index (χ3v) is 4.74. The van der Waals surface area contributed by atoms with Crippen LogP contribution < -0.4 is 0 Å². The molecule has 0 bridgehead atoms. The van der Waals surface area contributed by atoms with Gasteiger partial charge in [0.2, 0.25) is 5.78 Å². The molecule has 0 aliphatic heterocycles. The molecule has 5 nitrogen and oxygen atoms in total. The summed E-state index contributed by atoms with van der Waals surface area (Å²) in [7, 11) is 0. The van der Waals surface area contributed by atoms with Crippen LogP contribution in [0.4, 0.5) is 4.79 Å². The fourth-order valence-electron chi connectivity index (χ4n) is 3.64. The van der Waals surface area contributed by atoms with E-state index in [1.807, 2.05) is 20.8 Å². The summed E-state index contributed by atoms with van der Waals surface area (Å²) in [6, 6.07) is 4.51. The number of Topliss-reactive ketones (excluding diaryl/α,β-unsaturated/α-hetero) is 1. The Morgan fingerprint density at radius 2 is 1.92 bits per heavy atom. The molecule has 1 saturated carbocycles. The molecule has 0 aromatic carbocycles. The molecule has 1 atom stereocenters. The first kappa shape index (κ1) is 18.4. The normalized spacial score (nSPS) is 17.3. The van der Waals surface area contributed by atoms with Crippen molar-refractivity contribution in [2.75, 3.05) is 0 Å². The van der Waals surface area contributed by atoms with Crippen molar-refractivity contribution in [2.24, 2.45) is 5.92 Å². The molecule has 1 aromatic rings. The number of hydrogen-bond donors (Lipinski definition) is 1. The maximum atomic E-state index is 13.0. The number of ketones is 1. The molecule has 1 aliphatic carbocycles. The van der Waals surface area contributed by atoms with Gasteiger partial charge in [-0.25, -0.2) is 4.79 Å². The topological polar surface area (TPSA) is 70.5 Å². The highest BCUT2D eigenvalue weighted by Crippen LogP contribution is 2.31. The maximum Gasteiger partial charge on any atom is 0.408 e. The van der Waals surface area contributed by atoms with E-state index in [0.29, 0.717) is 18.0 Å². The molecular formula is C19H28N2O3. The predicted octanol–water partition coefficient (Wildman–Crippen LogP) is 4.38. The van der Waals surface area contributed by atoms with Gasteiger partial charge >= 0.3 is 6.09 Å². The summed E-state index contributed by atoms with van der Waals surface area (Å²) in [6.07, 6.45) is 6.82. The number of hydrogen-bond acceptors (Lipinski definition) is 3. The summed E-state index contributed by atoms with van der Waals surface area (Å²) in [6.45, 7) is 5.50. The second-order valence-corrected chi connectivity index (χ2v) is 7.66. The first-order valence-corrected chi connectivity index (χ1v) is 8.78. The van der Waals surface area contributed by atoms with E-state index in [9.17, 15) is 14.7 Å². The van der Waals surface area contributed by atoms with Gasteiger partial charge in [-0.2, -0.15) is 0 Å². The second kappa shape index (κ2) is 7.77. The molecular weight excluding hydrogens is 304 g/mol. The van der Waals surface area contributed by atoms with Crippen molar-refractivity contribution in [3.63, 3.8) is 0 Å². The number of carbonyl (C=O) groups excluding carboxylic acids is 1. The molecule has 0 spiro atoms. The Hall–Kier alpha value is -1.91. The number of rotatable bonds is 5. The van der Waals surface area contributed by atoms with Gasteiger partial charge in [0.1, 0.15) is 11.7 Å². The maximum absolute atomic E-state index is 13.0. The van der Waals surface area contributed by atoms with E-state index in [1.54, 1.807) is 24.4 Å². The fraction of sp³-hybridized carbons (Fsp3) is 0.632. The predicted molar refractivity (Wildman–Crippen MR) is 93.2 cm³/mol. The summed E-state index contributed by atoms with van der Waals surface area (Å²) < 4.78 is 0. The smallest absolute Gasteiger partial charge is 0.408 e. The molecule has 1 heterocycles. The lowest BCUT2D eigenvalue weighted by Crippen LogP contribution is -2.55. The molecule has 132 valence electrons. The van der Waals surface area contributed by atoms with Gasteiger partial charge < -0.3 is 5.11 Å². The number of carboxylic acid groups (broad SMARTS) is 1. The van der Waals surface area contributed by atoms with Crippen LogP contribution in [0.1, 0.15) is 69.8 Å². The number of aromatic nitrogens is 1. The molecule has 2 rings (SSSR count). The van der Waals surface area contributed by atoms with Crippen LogP contribution in [0.3, 0.4) is 0 Å². The second-order valence-electron chi connectivity index (χ2n) is 7.66. The van der Waals surface area contributed by atoms with Crippen molar-refractivity contribution < 1.29 is 14.7 Å². The lowest BCUT2D eigenvalue weighted by atomic mass is 9.82. The zero-order valence-electron chi connectivity index (χ0n) is 14.9. The Morgan fingerprint density at radius 1 is 1.25 bits per heavy atom. The Bertz CT molecular complexity index is 560. The minimum Gasteiger partial charge on any atom is -0.465 e. The zero-order chi connectivity index (χ0) is 17.7. The quantitative estimate of drug-likeness (QED) is 0.812. The average molecular weight is 332 g/mol. The largest absolute Gasteiger partial charge is 0.465 e. The van der Waals surface area contributed by atoms with E-state index in [0.717, 1.165) is 25.7 Å². The first-order valence-electron chi connectivity index (χ1n) is 8.78. The van der Waals surface area contributed by atoms with Crippen LogP contribution in [0.5, 0.6) is 0 Å². The van der Waals surface area contributed by atoms with E-state index in [-0.39, 0.29) is 5.78 Å². The molecule has 1 aromatic heterocycles. The average Bonchev–Trinajstić information content (AvgIpc) is 2.53. The summed E-state index contributed by atoms with van der Waals surface area (Å²) >= 11 is 0. The molecule has 1 unspecified atom stereocenters. The molecule has 24 heavy (non-hydrogen) atoms. The molecule has 5 heteroatoms. The Labute approximate surface area is 144 Å². The molecule has 1 aliphatic rings. The third kappa shape index (κ3) is 4.56. The van der Waals surface area contributed by atoms with Crippen molar-refractivity contribution >= 4 is 11.9 Å². The lowest BCUT2D eigenvalue weighted by molar-refractivity contribution is 0.0472.